The van der Waals surface area contributed by atoms with Gasteiger partial charge < -0.3 is 10.4 Å². The number of nitrogens with zero attached hydrogens (tertiary/aromatic N) is 1. The fourth-order valence-corrected chi connectivity index (χ4v) is 2.24. The van der Waals surface area contributed by atoms with Crippen LogP contribution in [0.1, 0.15) is 34.3 Å². The monoisotopic (exact) mass is 342 g/mol. The van der Waals surface area contributed by atoms with E-state index >= 15 is 0 Å². The van der Waals surface area contributed by atoms with E-state index in [1.165, 1.54) is 12.1 Å². The van der Waals surface area contributed by atoms with E-state index in [0.717, 1.165) is 17.2 Å². The second-order valence-electron chi connectivity index (χ2n) is 5.73. The number of carbonyl (C=O) groups is 2. The summed E-state index contributed by atoms with van der Waals surface area (Å²) in [5.74, 6) is -1.00. The minimum Gasteiger partial charge on any atom is -0.506 e. The van der Waals surface area contributed by atoms with Crippen LogP contribution in [0, 0.1) is 24.0 Å². The highest BCUT2D eigenvalue weighted by Gasteiger charge is 2.14. The second kappa shape index (κ2) is 7.57. The lowest BCUT2D eigenvalue weighted by molar-refractivity contribution is -0.384. The number of phenolic OH excluding ortho intramolecular Hbond substituents is 1. The molecule has 0 bridgehead atoms. The maximum Gasteiger partial charge on any atom is 0.273 e. The Labute approximate surface area is 144 Å². The van der Waals surface area contributed by atoms with Crippen molar-refractivity contribution in [2.24, 2.45) is 0 Å². The van der Waals surface area contributed by atoms with Gasteiger partial charge in [-0.05, 0) is 37.1 Å². The number of nitro groups is 1. The van der Waals surface area contributed by atoms with Crippen LogP contribution in [0.3, 0.4) is 0 Å². The fraction of sp³-hybridized carbons (Fsp3) is 0.222. The minimum atomic E-state index is -0.645. The lowest BCUT2D eigenvalue weighted by Crippen LogP contribution is -2.13. The van der Waals surface area contributed by atoms with Crippen molar-refractivity contribution >= 4 is 23.1 Å². The van der Waals surface area contributed by atoms with Crippen molar-refractivity contribution in [2.75, 3.05) is 5.32 Å². The number of nitro benzene ring substituents is 1. The van der Waals surface area contributed by atoms with Crippen molar-refractivity contribution in [3.05, 3.63) is 63.2 Å². The van der Waals surface area contributed by atoms with Gasteiger partial charge >= 0.3 is 0 Å². The molecule has 0 aliphatic rings. The lowest BCUT2D eigenvalue weighted by Gasteiger charge is -2.07. The summed E-state index contributed by atoms with van der Waals surface area (Å²) in [7, 11) is 0. The zero-order valence-electron chi connectivity index (χ0n) is 13.9. The zero-order valence-corrected chi connectivity index (χ0v) is 13.9. The number of ketones is 1. The number of nitrogens with one attached hydrogen (secondary N) is 1. The number of non-ortho nitro benzene ring substituents is 1. The number of phenols is 1. The largest absolute Gasteiger partial charge is 0.506 e. The fourth-order valence-electron chi connectivity index (χ4n) is 2.24. The minimum absolute atomic E-state index is 0.0298. The average molecular weight is 342 g/mol. The standard InChI is InChI=1S/C18H18N2O5/c1-11-3-4-13(9-12(11)2)16(21)7-8-18(23)19-15-6-5-14(20(24)25)10-17(15)22/h3-6,9-10,22H,7-8H2,1-2H3,(H,19,23). The Bertz CT molecular complexity index is 845. The first-order chi connectivity index (χ1) is 11.8. The summed E-state index contributed by atoms with van der Waals surface area (Å²) < 4.78 is 0. The number of benzene rings is 2. The summed E-state index contributed by atoms with van der Waals surface area (Å²) in [6, 6.07) is 8.75. The average Bonchev–Trinajstić information content (AvgIpc) is 2.56. The van der Waals surface area contributed by atoms with Gasteiger partial charge in [0, 0.05) is 24.5 Å². The van der Waals surface area contributed by atoms with E-state index in [9.17, 15) is 24.8 Å². The summed E-state index contributed by atoms with van der Waals surface area (Å²) in [5.41, 5.74) is 2.43. The molecule has 0 fully saturated rings. The van der Waals surface area contributed by atoms with E-state index in [0.29, 0.717) is 5.56 Å². The molecule has 0 spiro atoms. The summed E-state index contributed by atoms with van der Waals surface area (Å²) in [6.45, 7) is 3.86. The molecule has 7 heteroatoms. The number of aromatic hydroxyl groups is 1. The van der Waals surface area contributed by atoms with Crippen LogP contribution in [-0.4, -0.2) is 21.7 Å². The molecule has 2 N–H and O–H groups in total. The summed E-state index contributed by atoms with van der Waals surface area (Å²) >= 11 is 0. The SMILES string of the molecule is Cc1ccc(C(=O)CCC(=O)Nc2ccc([N+](=O)[O-])cc2O)cc1C. The van der Waals surface area contributed by atoms with Crippen molar-refractivity contribution in [1.29, 1.82) is 0 Å². The first kappa shape index (κ1) is 18.1. The Morgan fingerprint density at radius 1 is 1.08 bits per heavy atom. The van der Waals surface area contributed by atoms with Gasteiger partial charge in [0.15, 0.2) is 5.78 Å². The van der Waals surface area contributed by atoms with Crippen LogP contribution in [0.5, 0.6) is 5.75 Å². The van der Waals surface area contributed by atoms with Crippen LogP contribution in [-0.2, 0) is 4.79 Å². The van der Waals surface area contributed by atoms with Crippen LogP contribution >= 0.6 is 0 Å². The topological polar surface area (TPSA) is 110 Å². The number of anilines is 1. The normalized spacial score (nSPS) is 10.3. The number of hydrogen-bond acceptors (Lipinski definition) is 5. The van der Waals surface area contributed by atoms with Crippen molar-refractivity contribution in [1.82, 2.24) is 0 Å². The predicted molar refractivity (Wildman–Crippen MR) is 92.9 cm³/mol. The molecule has 1 amide bonds. The van der Waals surface area contributed by atoms with Crippen molar-refractivity contribution in [2.45, 2.75) is 26.7 Å². The number of aryl methyl sites for hydroxylation is 2. The van der Waals surface area contributed by atoms with E-state index in [1.807, 2.05) is 19.9 Å². The van der Waals surface area contributed by atoms with Crippen LogP contribution in [0.15, 0.2) is 36.4 Å². The van der Waals surface area contributed by atoms with E-state index < -0.39 is 16.6 Å². The highest BCUT2D eigenvalue weighted by Crippen LogP contribution is 2.28. The van der Waals surface area contributed by atoms with Gasteiger partial charge in [0.1, 0.15) is 5.75 Å². The van der Waals surface area contributed by atoms with Gasteiger partial charge in [0.2, 0.25) is 5.91 Å². The number of carbonyl (C=O) groups excluding carboxylic acids is 2. The van der Waals surface area contributed by atoms with Crippen LogP contribution < -0.4 is 5.32 Å². The van der Waals surface area contributed by atoms with Gasteiger partial charge in [0.05, 0.1) is 16.7 Å². The number of hydrogen-bond donors (Lipinski definition) is 2. The Morgan fingerprint density at radius 2 is 1.80 bits per heavy atom. The lowest BCUT2D eigenvalue weighted by atomic mass is 10.0. The van der Waals surface area contributed by atoms with Gasteiger partial charge in [0.25, 0.3) is 5.69 Å². The number of rotatable bonds is 6. The maximum absolute atomic E-state index is 12.1. The van der Waals surface area contributed by atoms with Gasteiger partial charge in [-0.15, -0.1) is 0 Å². The molecule has 0 unspecified atom stereocenters. The Balaban J connectivity index is 1.95. The summed E-state index contributed by atoms with van der Waals surface area (Å²) in [5, 5.41) is 22.8. The highest BCUT2D eigenvalue weighted by molar-refractivity contribution is 6.00. The summed E-state index contributed by atoms with van der Waals surface area (Å²) in [4.78, 5) is 34.0. The molecule has 0 aromatic heterocycles. The molecule has 0 aliphatic heterocycles. The molecular weight excluding hydrogens is 324 g/mol. The van der Waals surface area contributed by atoms with Gasteiger partial charge in [-0.2, -0.15) is 0 Å². The van der Waals surface area contributed by atoms with E-state index in [-0.39, 0.29) is 30.0 Å². The molecule has 25 heavy (non-hydrogen) atoms. The molecular formula is C18H18N2O5. The van der Waals surface area contributed by atoms with Gasteiger partial charge in [-0.25, -0.2) is 0 Å². The van der Waals surface area contributed by atoms with Gasteiger partial charge in [-0.3, -0.25) is 19.7 Å². The first-order valence-corrected chi connectivity index (χ1v) is 7.65. The molecule has 0 aliphatic carbocycles. The van der Waals surface area contributed by atoms with E-state index in [1.54, 1.807) is 12.1 Å². The molecule has 2 aromatic carbocycles. The second-order valence-corrected chi connectivity index (χ2v) is 5.73. The van der Waals surface area contributed by atoms with Gasteiger partial charge in [-0.1, -0.05) is 12.1 Å². The molecule has 130 valence electrons. The third-order valence-corrected chi connectivity index (χ3v) is 3.87. The molecule has 2 rings (SSSR count). The van der Waals surface area contributed by atoms with E-state index in [2.05, 4.69) is 5.32 Å². The summed E-state index contributed by atoms with van der Waals surface area (Å²) in [6.07, 6.45) is -0.0235. The third kappa shape index (κ3) is 4.63. The first-order valence-electron chi connectivity index (χ1n) is 7.65. The Hall–Kier alpha value is -3.22. The van der Waals surface area contributed by atoms with E-state index in [4.69, 9.17) is 0 Å². The van der Waals surface area contributed by atoms with Crippen LogP contribution in [0.25, 0.3) is 0 Å². The van der Waals surface area contributed by atoms with Crippen molar-refractivity contribution < 1.29 is 19.6 Å². The molecule has 0 heterocycles. The molecule has 0 radical (unpaired) electrons. The number of Topliss-reactive ketones (excluding diaryl/α,β-unsaturated/α-hetero) is 1. The highest BCUT2D eigenvalue weighted by atomic mass is 16.6. The molecule has 0 saturated carbocycles. The predicted octanol–water partition coefficient (Wildman–Crippen LogP) is 3.52. The molecule has 0 atom stereocenters. The quantitative estimate of drug-likeness (QED) is 0.361. The number of amides is 1. The van der Waals surface area contributed by atoms with Crippen LogP contribution in [0.2, 0.25) is 0 Å². The van der Waals surface area contributed by atoms with Crippen molar-refractivity contribution in [3.63, 3.8) is 0 Å². The zero-order chi connectivity index (χ0) is 18.6. The third-order valence-electron chi connectivity index (χ3n) is 3.87. The van der Waals surface area contributed by atoms with Crippen LogP contribution in [0.4, 0.5) is 11.4 Å². The van der Waals surface area contributed by atoms with Crippen molar-refractivity contribution in [3.8, 4) is 5.75 Å². The molecule has 0 saturated heterocycles. The Kier molecular flexibility index (Phi) is 5.49. The molecule has 7 nitrogen and oxygen atoms in total. The Morgan fingerprint density at radius 3 is 2.40 bits per heavy atom. The molecule has 2 aromatic rings. The maximum atomic E-state index is 12.1. The smallest absolute Gasteiger partial charge is 0.273 e.